The maximum atomic E-state index is 13.7. The van der Waals surface area contributed by atoms with E-state index in [1.807, 2.05) is 0 Å². The van der Waals surface area contributed by atoms with Crippen LogP contribution in [0, 0.1) is 11.1 Å². The van der Waals surface area contributed by atoms with Gasteiger partial charge in [0.15, 0.2) is 0 Å². The van der Waals surface area contributed by atoms with Crippen molar-refractivity contribution >= 4 is 10.0 Å². The molecule has 0 aromatic heterocycles. The van der Waals surface area contributed by atoms with Gasteiger partial charge in [-0.2, -0.15) is 39.5 Å². The molecule has 0 aliphatic heterocycles. The molecule has 0 saturated carbocycles. The molecule has 0 spiro atoms. The van der Waals surface area contributed by atoms with E-state index in [2.05, 4.69) is 4.72 Å². The molecule has 16 heteroatoms. The molecule has 5 nitrogen and oxygen atoms in total. The van der Waals surface area contributed by atoms with Crippen LogP contribution in [0.4, 0.5) is 43.9 Å². The van der Waals surface area contributed by atoms with Gasteiger partial charge < -0.3 is 9.85 Å². The Hall–Kier alpha value is -0.870. The van der Waals surface area contributed by atoms with Crippen LogP contribution in [0.1, 0.15) is 32.1 Å². The molecule has 1 atom stereocenters. The van der Waals surface area contributed by atoms with Crippen molar-refractivity contribution in [3.63, 3.8) is 0 Å². The lowest BCUT2D eigenvalue weighted by molar-refractivity contribution is -0.840. The molecule has 188 valence electrons. The van der Waals surface area contributed by atoms with Crippen molar-refractivity contribution in [2.45, 2.75) is 56.3 Å². The number of rotatable bonds is 12. The van der Waals surface area contributed by atoms with Crippen molar-refractivity contribution in [3.05, 3.63) is 5.21 Å². The number of halogens is 10. The summed E-state index contributed by atoms with van der Waals surface area (Å²) in [4.78, 5) is 0. The first-order valence-corrected chi connectivity index (χ1v) is 10.6. The highest BCUT2D eigenvalue weighted by Gasteiger charge is 2.73. The molecule has 0 bridgehead atoms. The zero-order valence-corrected chi connectivity index (χ0v) is 17.4. The zero-order chi connectivity index (χ0) is 24.9. The molecular weight excluding hydrogens is 478 g/mol. The summed E-state index contributed by atoms with van der Waals surface area (Å²) in [6.07, 6.45) is -24.1. The first kappa shape index (κ1) is 30.1. The van der Waals surface area contributed by atoms with E-state index in [1.165, 1.54) is 14.1 Å². The van der Waals surface area contributed by atoms with Gasteiger partial charge in [-0.1, -0.05) is 6.42 Å². The van der Waals surface area contributed by atoms with E-state index in [0.717, 1.165) is 0 Å². The van der Waals surface area contributed by atoms with E-state index in [9.17, 15) is 57.5 Å². The molecule has 0 radical (unpaired) electrons. The summed E-state index contributed by atoms with van der Waals surface area (Å²) < 4.78 is 153. The highest BCUT2D eigenvalue weighted by Crippen LogP contribution is 2.52. The van der Waals surface area contributed by atoms with Crippen molar-refractivity contribution < 1.29 is 57.0 Å². The fourth-order valence-electron chi connectivity index (χ4n) is 2.56. The molecule has 0 aliphatic carbocycles. The lowest BCUT2D eigenvalue weighted by Crippen LogP contribution is -2.55. The maximum absolute atomic E-state index is 13.7. The summed E-state index contributed by atoms with van der Waals surface area (Å²) in [5.41, 5.74) is -6.05. The second kappa shape index (κ2) is 10.4. The van der Waals surface area contributed by atoms with Crippen molar-refractivity contribution in [3.8, 4) is 0 Å². The number of nitrogens with one attached hydrogen (secondary N) is 1. The van der Waals surface area contributed by atoms with Crippen molar-refractivity contribution in [2.75, 3.05) is 32.9 Å². The summed E-state index contributed by atoms with van der Waals surface area (Å²) in [5.74, 6) is -4.03. The summed E-state index contributed by atoms with van der Waals surface area (Å²) in [5, 5.41) is 11.3. The lowest BCUT2D eigenvalue weighted by atomic mass is 9.87. The van der Waals surface area contributed by atoms with Gasteiger partial charge in [-0.3, -0.25) is 0 Å². The highest BCUT2D eigenvalue weighted by atomic mass is 32.2. The standard InChI is InChI=1S/C15H24F10N2O3S/c1-27(2,28)8-5-7-26-31(29,30)9-4-3-6-11(13(17,18)19)10-12(16,14(20,21)22)15(23,24)25/h11,26H,3-10H2,1-2H3. The number of unbranched alkanes of at least 4 members (excludes halogenated alkanes) is 1. The van der Waals surface area contributed by atoms with Gasteiger partial charge in [0.2, 0.25) is 10.0 Å². The van der Waals surface area contributed by atoms with Gasteiger partial charge in [-0.25, -0.2) is 17.5 Å². The fraction of sp³-hybridized carbons (Fsp3) is 1.00. The zero-order valence-electron chi connectivity index (χ0n) is 16.6. The SMILES string of the molecule is C[N+](C)([O-])CCCNS(=O)(=O)CCCCC(CC(F)(C(F)(F)F)C(F)(F)F)C(F)(F)F. The Morgan fingerprint density at radius 3 is 1.74 bits per heavy atom. The summed E-state index contributed by atoms with van der Waals surface area (Å²) >= 11 is 0. The second-order valence-corrected chi connectivity index (χ2v) is 9.53. The fourth-order valence-corrected chi connectivity index (χ4v) is 3.74. The van der Waals surface area contributed by atoms with Crippen LogP contribution < -0.4 is 4.72 Å². The second-order valence-electron chi connectivity index (χ2n) is 7.60. The van der Waals surface area contributed by atoms with Crippen LogP contribution in [0.3, 0.4) is 0 Å². The van der Waals surface area contributed by atoms with Crippen LogP contribution in [-0.4, -0.2) is 70.2 Å². The van der Waals surface area contributed by atoms with Crippen molar-refractivity contribution in [1.82, 2.24) is 4.72 Å². The Morgan fingerprint density at radius 1 is 0.871 bits per heavy atom. The molecular formula is C15H24F10N2O3S. The third-order valence-electron chi connectivity index (χ3n) is 4.30. The van der Waals surface area contributed by atoms with Crippen LogP contribution in [0.15, 0.2) is 0 Å². The largest absolute Gasteiger partial charge is 0.633 e. The summed E-state index contributed by atoms with van der Waals surface area (Å²) in [6, 6.07) is 0. The van der Waals surface area contributed by atoms with Crippen molar-refractivity contribution in [2.24, 2.45) is 5.92 Å². The third kappa shape index (κ3) is 10.5. The average molecular weight is 502 g/mol. The lowest BCUT2D eigenvalue weighted by Gasteiger charge is -2.33. The van der Waals surface area contributed by atoms with E-state index in [4.69, 9.17) is 0 Å². The van der Waals surface area contributed by atoms with Crippen LogP contribution in [0.25, 0.3) is 0 Å². The van der Waals surface area contributed by atoms with Gasteiger partial charge in [0.1, 0.15) is 0 Å². The Labute approximate surface area is 173 Å². The molecule has 31 heavy (non-hydrogen) atoms. The van der Waals surface area contributed by atoms with Crippen LogP contribution in [-0.2, 0) is 10.0 Å². The Balaban J connectivity index is 4.91. The van der Waals surface area contributed by atoms with Crippen LogP contribution in [0.5, 0.6) is 0 Å². The van der Waals surface area contributed by atoms with E-state index in [-0.39, 0.29) is 19.5 Å². The predicted octanol–water partition coefficient (Wildman–Crippen LogP) is 4.44. The molecule has 1 N–H and O–H groups in total. The first-order valence-electron chi connectivity index (χ1n) is 8.92. The molecule has 0 amide bonds. The van der Waals surface area contributed by atoms with E-state index in [0.29, 0.717) is 0 Å². The van der Waals surface area contributed by atoms with Gasteiger partial charge in [-0.15, -0.1) is 0 Å². The molecule has 0 rings (SSSR count). The number of alkyl halides is 10. The van der Waals surface area contributed by atoms with Crippen LogP contribution >= 0.6 is 0 Å². The van der Waals surface area contributed by atoms with Gasteiger partial charge >= 0.3 is 18.5 Å². The highest BCUT2D eigenvalue weighted by molar-refractivity contribution is 7.89. The molecule has 0 aliphatic rings. The first-order chi connectivity index (χ1) is 13.5. The quantitative estimate of drug-likeness (QED) is 0.186. The minimum absolute atomic E-state index is 0.0686. The minimum atomic E-state index is -6.61. The Bertz CT molecular complexity index is 640. The van der Waals surface area contributed by atoms with E-state index >= 15 is 0 Å². The molecule has 0 fully saturated rings. The van der Waals surface area contributed by atoms with E-state index < -0.39 is 76.2 Å². The smallest absolute Gasteiger partial charge is 0.431 e. The molecule has 0 heterocycles. The Kier molecular flexibility index (Phi) is 10.1. The van der Waals surface area contributed by atoms with Gasteiger partial charge in [0.05, 0.1) is 32.3 Å². The van der Waals surface area contributed by atoms with Crippen molar-refractivity contribution in [1.29, 1.82) is 0 Å². The Morgan fingerprint density at radius 2 is 1.35 bits per heavy atom. The predicted molar refractivity (Wildman–Crippen MR) is 90.7 cm³/mol. The average Bonchev–Trinajstić information content (AvgIpc) is 2.50. The number of hydrogen-bond donors (Lipinski definition) is 1. The van der Waals surface area contributed by atoms with Gasteiger partial charge in [0, 0.05) is 19.4 Å². The number of sulfonamides is 1. The summed E-state index contributed by atoms with van der Waals surface area (Å²) in [6.45, 7) is -0.0713. The topological polar surface area (TPSA) is 69.2 Å². The van der Waals surface area contributed by atoms with Gasteiger partial charge in [-0.05, 0) is 12.8 Å². The molecule has 0 aromatic rings. The van der Waals surface area contributed by atoms with E-state index in [1.54, 1.807) is 0 Å². The number of quaternary nitrogens is 1. The molecule has 0 saturated heterocycles. The monoisotopic (exact) mass is 502 g/mol. The number of hydrogen-bond acceptors (Lipinski definition) is 3. The number of nitrogens with zero attached hydrogens (tertiary/aromatic N) is 1. The van der Waals surface area contributed by atoms with Gasteiger partial charge in [0.25, 0.3) is 5.67 Å². The molecule has 0 aromatic carbocycles. The minimum Gasteiger partial charge on any atom is -0.633 e. The summed E-state index contributed by atoms with van der Waals surface area (Å²) in [7, 11) is -1.36. The van der Waals surface area contributed by atoms with Crippen LogP contribution in [0.2, 0.25) is 0 Å². The number of hydroxylamine groups is 3. The third-order valence-corrected chi connectivity index (χ3v) is 5.77. The molecule has 1 unspecified atom stereocenters. The normalized spacial score (nSPS) is 15.9. The maximum Gasteiger partial charge on any atom is 0.431 e.